The number of methoxy groups -OCH3 is 1. The van der Waals surface area contributed by atoms with Gasteiger partial charge in [0.1, 0.15) is 18.3 Å². The van der Waals surface area contributed by atoms with Crippen LogP contribution in [0.2, 0.25) is 10.0 Å². The number of ether oxygens (including phenoxy) is 1. The van der Waals surface area contributed by atoms with Gasteiger partial charge in [-0.05, 0) is 115 Å². The van der Waals surface area contributed by atoms with Gasteiger partial charge in [0.15, 0.2) is 21.9 Å². The van der Waals surface area contributed by atoms with Crippen LogP contribution < -0.4 is 30.6 Å². The molecule has 0 aliphatic carbocycles. The summed E-state index contributed by atoms with van der Waals surface area (Å²) in [5, 5.41) is 37.8. The Morgan fingerprint density at radius 3 is 2.08 bits per heavy atom. The van der Waals surface area contributed by atoms with Gasteiger partial charge in [0.2, 0.25) is 5.88 Å². The second-order valence-electron chi connectivity index (χ2n) is 14.3. The van der Waals surface area contributed by atoms with Crippen LogP contribution in [0.3, 0.4) is 0 Å². The van der Waals surface area contributed by atoms with Crippen LogP contribution in [-0.4, -0.2) is 72.4 Å². The summed E-state index contributed by atoms with van der Waals surface area (Å²) in [5.74, 6) is -2.18. The maximum atomic E-state index is 14.7. The molecule has 3 unspecified atom stereocenters. The van der Waals surface area contributed by atoms with Crippen LogP contribution in [0.5, 0.6) is 17.5 Å². The standard InChI is InChI=1S/C39H34Cl2N6O5S2.C5H5NO.Na/c1-52-30-16-7-22(19-24(30)21-45-18-3-2-6-29(45)23-5-4-17-42-20-23)31(32-34(48)43-38(53)46(36(32)50)27-12-8-25(40)9-13-27)33-35(49)44-39(54)47(37(33)51)28-14-10-26(41)11-15-28;7-6-4-2-1-3-5-6;/h4-5,7-17,19-20,29,31,50-51H,2-3,6,18,21H2,1H3,(H,43,48,53)(H,44,49,54);1-5H;. The van der Waals surface area contributed by atoms with E-state index >= 15 is 0 Å². The second-order valence-corrected chi connectivity index (χ2v) is 15.9. The van der Waals surface area contributed by atoms with E-state index in [0.717, 1.165) is 46.2 Å². The molecule has 8 rings (SSSR count). The van der Waals surface area contributed by atoms with E-state index in [2.05, 4.69) is 21.0 Å². The van der Waals surface area contributed by atoms with E-state index in [-0.39, 0.29) is 56.3 Å². The fourth-order valence-corrected chi connectivity index (χ4v) is 8.55. The molecule has 7 aromatic rings. The number of aromatic hydroxyl groups is 1. The van der Waals surface area contributed by atoms with Crippen molar-refractivity contribution in [2.75, 3.05) is 13.7 Å². The zero-order valence-corrected chi connectivity index (χ0v) is 38.7. The van der Waals surface area contributed by atoms with Crippen molar-refractivity contribution < 1.29 is 24.6 Å². The third-order valence-electron chi connectivity index (χ3n) is 10.5. The Bertz CT molecular complexity index is 2780. The topological polar surface area (TPSA) is 172 Å². The van der Waals surface area contributed by atoms with Crippen molar-refractivity contribution in [3.8, 4) is 28.9 Å². The summed E-state index contributed by atoms with van der Waals surface area (Å²) in [6.07, 6.45) is 9.63. The van der Waals surface area contributed by atoms with Gasteiger partial charge >= 0.3 is 0 Å². The van der Waals surface area contributed by atoms with Crippen LogP contribution >= 0.6 is 47.6 Å². The normalized spacial score (nSPS) is 15.1. The van der Waals surface area contributed by atoms with Crippen LogP contribution in [0.4, 0.5) is 0 Å². The number of pyridine rings is 2. The molecule has 0 bridgehead atoms. The first-order valence-corrected chi connectivity index (χ1v) is 20.7. The van der Waals surface area contributed by atoms with Gasteiger partial charge in [-0.15, -0.1) is 0 Å². The molecule has 1 fully saturated rings. The van der Waals surface area contributed by atoms with Crippen molar-refractivity contribution >= 4 is 77.2 Å². The first-order chi connectivity index (χ1) is 29.4. The van der Waals surface area contributed by atoms with E-state index in [1.54, 1.807) is 92.2 Å². The third-order valence-corrected chi connectivity index (χ3v) is 11.6. The minimum Gasteiger partial charge on any atom is -0.859 e. The first kappa shape index (κ1) is 46.4. The van der Waals surface area contributed by atoms with Gasteiger partial charge in [0.25, 0.3) is 11.1 Å². The first-order valence-electron chi connectivity index (χ1n) is 19.2. The molecular formula is C44H39Cl2N7NaO6S2. The molecule has 4 aromatic heterocycles. The van der Waals surface area contributed by atoms with Crippen LogP contribution in [0.15, 0.2) is 131 Å². The molecule has 1 radical (unpaired) electrons. The molecule has 3 aromatic carbocycles. The Morgan fingerprint density at radius 1 is 0.887 bits per heavy atom. The average molecular weight is 920 g/mol. The number of piperidine rings is 1. The molecule has 313 valence electrons. The van der Waals surface area contributed by atoms with E-state index in [1.807, 2.05) is 18.3 Å². The van der Waals surface area contributed by atoms with Crippen LogP contribution in [-0.2, 0) is 6.54 Å². The number of aromatic nitrogens is 6. The number of nitrogens with zero attached hydrogens (tertiary/aromatic N) is 4. The van der Waals surface area contributed by atoms with Gasteiger partial charge in [-0.2, -0.15) is 4.73 Å². The average Bonchev–Trinajstić information content (AvgIpc) is 3.25. The minimum absolute atomic E-state index is 0. The fraction of sp³-hybridized carbons (Fsp3) is 0.182. The molecule has 13 nitrogen and oxygen atoms in total. The van der Waals surface area contributed by atoms with E-state index < -0.39 is 28.8 Å². The number of hydrogen-bond acceptors (Lipinski definition) is 9. The van der Waals surface area contributed by atoms with E-state index in [9.17, 15) is 25.0 Å². The Kier molecular flexibility index (Phi) is 15.6. The molecule has 3 atom stereocenters. The Labute approximate surface area is 398 Å². The quantitative estimate of drug-likeness (QED) is 0.0585. The molecule has 4 N–H and O–H groups in total. The summed E-state index contributed by atoms with van der Waals surface area (Å²) >= 11 is 23.3. The maximum absolute atomic E-state index is 14.7. The van der Waals surface area contributed by atoms with Crippen molar-refractivity contribution in [2.45, 2.75) is 37.8 Å². The molecule has 1 aliphatic rings. The monoisotopic (exact) mass is 918 g/mol. The number of H-pyrrole nitrogens is 2. The van der Waals surface area contributed by atoms with Crippen molar-refractivity contribution in [1.29, 1.82) is 0 Å². The predicted octanol–water partition coefficient (Wildman–Crippen LogP) is 6.02. The summed E-state index contributed by atoms with van der Waals surface area (Å²) in [5.41, 5.74) is 0.765. The molecule has 1 saturated heterocycles. The number of benzene rings is 3. The molecule has 0 amide bonds. The zero-order chi connectivity index (χ0) is 43.2. The fourth-order valence-electron chi connectivity index (χ4n) is 7.73. The number of likely N-dealkylation sites (tertiary alicyclic amines) is 1. The summed E-state index contributed by atoms with van der Waals surface area (Å²) in [6.45, 7) is 1.42. The van der Waals surface area contributed by atoms with Gasteiger partial charge in [-0.25, -0.2) is 0 Å². The summed E-state index contributed by atoms with van der Waals surface area (Å²) < 4.78 is 8.74. The number of hydrogen-bond donors (Lipinski definition) is 4. The zero-order valence-electron chi connectivity index (χ0n) is 33.6. The van der Waals surface area contributed by atoms with Crippen molar-refractivity contribution in [1.82, 2.24) is 24.1 Å². The largest absolute Gasteiger partial charge is 0.859 e. The molecular weight excluding hydrogens is 881 g/mol. The summed E-state index contributed by atoms with van der Waals surface area (Å²) in [7, 11) is 1.58. The number of quaternary nitrogens is 1. The van der Waals surface area contributed by atoms with Crippen LogP contribution in [0.25, 0.3) is 11.4 Å². The summed E-state index contributed by atoms with van der Waals surface area (Å²) in [4.78, 5) is 39.1. The number of nitrogens with one attached hydrogen (secondary N) is 3. The van der Waals surface area contributed by atoms with E-state index in [0.29, 0.717) is 39.3 Å². The Hall–Kier alpha value is -5.10. The summed E-state index contributed by atoms with van der Waals surface area (Å²) in [6, 6.07) is 27.4. The maximum Gasteiger partial charge on any atom is 0.259 e. The second kappa shape index (κ2) is 20.8. The predicted molar refractivity (Wildman–Crippen MR) is 241 cm³/mol. The van der Waals surface area contributed by atoms with Crippen molar-refractivity contribution in [3.63, 3.8) is 0 Å². The van der Waals surface area contributed by atoms with Crippen LogP contribution in [0, 0.1) is 14.7 Å². The molecule has 62 heavy (non-hydrogen) atoms. The molecule has 0 saturated carbocycles. The van der Waals surface area contributed by atoms with Crippen molar-refractivity contribution in [3.05, 3.63) is 195 Å². The van der Waals surface area contributed by atoms with Gasteiger partial charge < -0.3 is 29.6 Å². The van der Waals surface area contributed by atoms with E-state index in [4.69, 9.17) is 52.4 Å². The molecule has 0 spiro atoms. The minimum atomic E-state index is -1.41. The van der Waals surface area contributed by atoms with Crippen molar-refractivity contribution in [2.24, 2.45) is 0 Å². The Balaban J connectivity index is 0.000000730. The van der Waals surface area contributed by atoms with Gasteiger partial charge in [0.05, 0.1) is 30.8 Å². The number of rotatable bonds is 9. The Morgan fingerprint density at radius 2 is 1.50 bits per heavy atom. The molecule has 5 heterocycles. The van der Waals surface area contributed by atoms with Gasteiger partial charge in [-0.1, -0.05) is 41.4 Å². The number of halogens is 2. The molecule has 18 heteroatoms. The third kappa shape index (κ3) is 10.2. The van der Waals surface area contributed by atoms with Gasteiger partial charge in [-0.3, -0.25) is 29.1 Å². The van der Waals surface area contributed by atoms with Gasteiger partial charge in [0, 0.05) is 92.9 Å². The smallest absolute Gasteiger partial charge is 0.259 e. The van der Waals surface area contributed by atoms with Crippen LogP contribution in [0.1, 0.15) is 59.0 Å². The SMILES string of the molecule is COc1ccc(C(c2c([O-])n(-c3ccc(Cl)cc3)c(=S)[nH]c2=O)c2c(O)n(-c3ccc(Cl)cc3)c(=S)[nH]c2=O)cc1C[NH+]1CCCCC1c1cccnc1.[Na].[O-][n+]1ccccc1. The molecule has 1 aliphatic heterocycles. The van der Waals surface area contributed by atoms with E-state index in [1.165, 1.54) is 21.9 Å². The number of aromatic amines is 2.